The van der Waals surface area contributed by atoms with Crippen molar-refractivity contribution in [1.29, 1.82) is 0 Å². The Hall–Kier alpha value is -1.24. The number of cyclic esters (lactones) is 1. The Labute approximate surface area is 168 Å². The van der Waals surface area contributed by atoms with E-state index in [0.29, 0.717) is 25.2 Å². The average Bonchev–Trinajstić information content (AvgIpc) is 3.18. The van der Waals surface area contributed by atoms with Gasteiger partial charge in [-0.15, -0.1) is 6.58 Å². The fourth-order valence-electron chi connectivity index (χ4n) is 4.32. The zero-order valence-corrected chi connectivity index (χ0v) is 17.7. The van der Waals surface area contributed by atoms with Crippen LogP contribution in [0.1, 0.15) is 72.6 Å². The smallest absolute Gasteiger partial charge is 0.305 e. The molecule has 2 fully saturated rings. The molecular formula is C22H36O6. The van der Waals surface area contributed by atoms with Gasteiger partial charge in [0.2, 0.25) is 5.79 Å². The van der Waals surface area contributed by atoms with Gasteiger partial charge in [-0.05, 0) is 38.5 Å². The highest BCUT2D eigenvalue weighted by Crippen LogP contribution is 2.51. The fraction of sp³-hybridized carbons (Fsp3) is 0.818. The summed E-state index contributed by atoms with van der Waals surface area (Å²) in [6.07, 6.45) is 4.65. The van der Waals surface area contributed by atoms with Gasteiger partial charge in [0.05, 0.1) is 0 Å². The molecule has 0 bridgehead atoms. The molecule has 0 aliphatic carbocycles. The van der Waals surface area contributed by atoms with Gasteiger partial charge in [0.1, 0.15) is 24.1 Å². The van der Waals surface area contributed by atoms with E-state index in [2.05, 4.69) is 13.5 Å². The average molecular weight is 397 g/mol. The number of aliphatic hydroxyl groups is 2. The minimum Gasteiger partial charge on any atom is -0.463 e. The molecule has 2 N–H and O–H groups in total. The predicted octanol–water partition coefficient (Wildman–Crippen LogP) is 3.15. The van der Waals surface area contributed by atoms with Gasteiger partial charge in [0, 0.05) is 17.8 Å². The van der Waals surface area contributed by atoms with Gasteiger partial charge in [0.25, 0.3) is 0 Å². The van der Waals surface area contributed by atoms with E-state index in [0.717, 1.165) is 19.3 Å². The van der Waals surface area contributed by atoms with Crippen molar-refractivity contribution in [1.82, 2.24) is 0 Å². The van der Waals surface area contributed by atoms with E-state index in [9.17, 15) is 19.8 Å². The molecule has 0 radical (unpaired) electrons. The molecule has 0 saturated carbocycles. The number of hydrogen-bond acceptors (Lipinski definition) is 6. The van der Waals surface area contributed by atoms with Crippen LogP contribution in [0.4, 0.5) is 0 Å². The Kier molecular flexibility index (Phi) is 7.11. The maximum Gasteiger partial charge on any atom is 0.305 e. The van der Waals surface area contributed by atoms with E-state index in [1.807, 2.05) is 13.8 Å². The second-order valence-electron chi connectivity index (χ2n) is 9.43. The third-order valence-electron chi connectivity index (χ3n) is 6.43. The van der Waals surface area contributed by atoms with E-state index in [1.165, 1.54) is 0 Å². The summed E-state index contributed by atoms with van der Waals surface area (Å²) in [7, 11) is 0. The Morgan fingerprint density at radius 3 is 2.57 bits per heavy atom. The van der Waals surface area contributed by atoms with Gasteiger partial charge in [-0.1, -0.05) is 39.7 Å². The number of epoxide rings is 1. The lowest BCUT2D eigenvalue weighted by Crippen LogP contribution is -2.40. The number of ether oxygens (including phenoxy) is 2. The lowest BCUT2D eigenvalue weighted by Gasteiger charge is -2.29. The lowest BCUT2D eigenvalue weighted by molar-refractivity contribution is -0.155. The number of carbonyl (C=O) groups is 2. The van der Waals surface area contributed by atoms with Gasteiger partial charge < -0.3 is 19.7 Å². The number of carbonyl (C=O) groups excluding carboxylic acids is 2. The zero-order chi connectivity index (χ0) is 21.2. The molecule has 0 aromatic rings. The van der Waals surface area contributed by atoms with Crippen LogP contribution in [-0.4, -0.2) is 46.1 Å². The number of esters is 1. The van der Waals surface area contributed by atoms with Crippen molar-refractivity contribution < 1.29 is 29.3 Å². The highest BCUT2D eigenvalue weighted by Gasteiger charge is 2.70. The third kappa shape index (κ3) is 5.02. The standard InChI is InChI=1S/C22H36O6/c1-6-8-16-13-15(2)9-7-11-21(5)22(26,28-21)17(23)14-27-18(24)10-12-20(3,4)19(16)25/h6,15-17,23,26H,1,7-14H2,2-5H3. The first kappa shape index (κ1) is 23.0. The van der Waals surface area contributed by atoms with Crippen LogP contribution in [0.15, 0.2) is 12.7 Å². The molecule has 0 spiro atoms. The molecular weight excluding hydrogens is 360 g/mol. The van der Waals surface area contributed by atoms with E-state index in [1.54, 1.807) is 13.0 Å². The Balaban J connectivity index is 2.15. The molecule has 6 heteroatoms. The van der Waals surface area contributed by atoms with Gasteiger partial charge in [-0.25, -0.2) is 0 Å². The summed E-state index contributed by atoms with van der Waals surface area (Å²) in [4.78, 5) is 25.2. The van der Waals surface area contributed by atoms with E-state index >= 15 is 0 Å². The molecule has 0 amide bonds. The number of ketones is 1. The van der Waals surface area contributed by atoms with Crippen molar-refractivity contribution in [3.05, 3.63) is 12.7 Å². The summed E-state index contributed by atoms with van der Waals surface area (Å²) in [5.74, 6) is -1.78. The Morgan fingerprint density at radius 1 is 1.25 bits per heavy atom. The van der Waals surface area contributed by atoms with Crippen LogP contribution in [0.3, 0.4) is 0 Å². The van der Waals surface area contributed by atoms with Crippen LogP contribution in [0, 0.1) is 17.3 Å². The largest absolute Gasteiger partial charge is 0.463 e. The highest BCUT2D eigenvalue weighted by atomic mass is 16.8. The van der Waals surface area contributed by atoms with E-state index in [4.69, 9.17) is 9.47 Å². The minimum atomic E-state index is -1.67. The van der Waals surface area contributed by atoms with Crippen molar-refractivity contribution in [2.75, 3.05) is 6.61 Å². The SMILES string of the molecule is C=CCC1CC(C)CCCC2(C)OC2(O)C(O)COC(=O)CCC(C)(C)C1=O. The molecule has 2 saturated heterocycles. The van der Waals surface area contributed by atoms with Crippen LogP contribution in [-0.2, 0) is 19.1 Å². The van der Waals surface area contributed by atoms with Crippen molar-refractivity contribution in [2.45, 2.75) is 90.1 Å². The molecule has 2 heterocycles. The topological polar surface area (TPSA) is 96.4 Å². The van der Waals surface area contributed by atoms with Crippen LogP contribution in [0.2, 0.25) is 0 Å². The number of aliphatic hydroxyl groups excluding tert-OH is 1. The quantitative estimate of drug-likeness (QED) is 0.423. The lowest BCUT2D eigenvalue weighted by atomic mass is 9.74. The summed E-state index contributed by atoms with van der Waals surface area (Å²) in [6.45, 7) is 11.1. The van der Waals surface area contributed by atoms with Crippen LogP contribution in [0.25, 0.3) is 0 Å². The summed E-state index contributed by atoms with van der Waals surface area (Å²) >= 11 is 0. The first-order valence-electron chi connectivity index (χ1n) is 10.4. The first-order chi connectivity index (χ1) is 12.9. The van der Waals surface area contributed by atoms with Gasteiger partial charge >= 0.3 is 5.97 Å². The monoisotopic (exact) mass is 396 g/mol. The third-order valence-corrected chi connectivity index (χ3v) is 6.43. The fourth-order valence-corrected chi connectivity index (χ4v) is 4.32. The summed E-state index contributed by atoms with van der Waals surface area (Å²) in [6, 6.07) is 0. The molecule has 0 aromatic carbocycles. The Bertz CT molecular complexity index is 600. The molecule has 5 atom stereocenters. The summed E-state index contributed by atoms with van der Waals surface area (Å²) in [5.41, 5.74) is -1.48. The maximum atomic E-state index is 13.1. The van der Waals surface area contributed by atoms with Crippen molar-refractivity contribution in [3.8, 4) is 0 Å². The van der Waals surface area contributed by atoms with E-state index < -0.39 is 28.9 Å². The zero-order valence-electron chi connectivity index (χ0n) is 17.7. The molecule has 0 aromatic heterocycles. The van der Waals surface area contributed by atoms with Crippen LogP contribution >= 0.6 is 0 Å². The molecule has 28 heavy (non-hydrogen) atoms. The number of allylic oxidation sites excluding steroid dienone is 1. The number of fused-ring (bicyclic) bond motifs is 1. The molecule has 6 nitrogen and oxygen atoms in total. The van der Waals surface area contributed by atoms with Gasteiger partial charge in [0.15, 0.2) is 0 Å². The highest BCUT2D eigenvalue weighted by molar-refractivity contribution is 5.87. The molecule has 2 rings (SSSR count). The predicted molar refractivity (Wildman–Crippen MR) is 105 cm³/mol. The number of Topliss-reactive ketones (excluding diaryl/α,β-unsaturated/α-hetero) is 1. The van der Waals surface area contributed by atoms with Crippen molar-refractivity contribution in [3.63, 3.8) is 0 Å². The maximum absolute atomic E-state index is 13.1. The molecule has 2 aliphatic heterocycles. The summed E-state index contributed by atoms with van der Waals surface area (Å²) < 4.78 is 10.6. The molecule has 2 aliphatic rings. The number of hydrogen-bond donors (Lipinski definition) is 2. The number of rotatable bonds is 2. The van der Waals surface area contributed by atoms with E-state index in [-0.39, 0.29) is 24.7 Å². The molecule has 160 valence electrons. The first-order valence-corrected chi connectivity index (χ1v) is 10.4. The van der Waals surface area contributed by atoms with Crippen LogP contribution < -0.4 is 0 Å². The van der Waals surface area contributed by atoms with Crippen molar-refractivity contribution >= 4 is 11.8 Å². The second kappa shape index (κ2) is 8.64. The Morgan fingerprint density at radius 2 is 1.93 bits per heavy atom. The van der Waals surface area contributed by atoms with Crippen molar-refractivity contribution in [2.24, 2.45) is 17.3 Å². The van der Waals surface area contributed by atoms with Gasteiger partial charge in [-0.2, -0.15) is 0 Å². The minimum absolute atomic E-state index is 0.0817. The summed E-state index contributed by atoms with van der Waals surface area (Å²) in [5, 5.41) is 20.8. The van der Waals surface area contributed by atoms with Gasteiger partial charge in [-0.3, -0.25) is 9.59 Å². The second-order valence-corrected chi connectivity index (χ2v) is 9.43. The normalized spacial score (nSPS) is 40.3. The van der Waals surface area contributed by atoms with Crippen LogP contribution in [0.5, 0.6) is 0 Å². The molecule has 5 unspecified atom stereocenters.